The van der Waals surface area contributed by atoms with Gasteiger partial charge in [0.15, 0.2) is 0 Å². The number of rotatable bonds is 8. The van der Waals surface area contributed by atoms with Gasteiger partial charge in [0, 0.05) is 63.3 Å². The summed E-state index contributed by atoms with van der Waals surface area (Å²) in [6.07, 6.45) is 0. The zero-order valence-electron chi connectivity index (χ0n) is 13.7. The zero-order chi connectivity index (χ0) is 15.1. The summed E-state index contributed by atoms with van der Waals surface area (Å²) in [7, 11) is 4.30. The van der Waals surface area contributed by atoms with Crippen molar-refractivity contribution in [2.75, 3.05) is 59.9 Å². The molecule has 5 heteroatoms. The van der Waals surface area contributed by atoms with Gasteiger partial charge < -0.3 is 10.2 Å². The van der Waals surface area contributed by atoms with Gasteiger partial charge >= 0.3 is 0 Å². The van der Waals surface area contributed by atoms with E-state index in [1.54, 1.807) is 0 Å². The maximum atomic E-state index is 3.58. The standard InChI is InChI=1S/C16H30N4S/c1-15(13-17-14-16-5-4-12-21-16)20-10-8-19(9-11-20)7-6-18(2)3/h4-5,12,15,17H,6-11,13-14H2,1-3H3. The maximum absolute atomic E-state index is 3.58. The molecule has 1 atom stereocenters. The van der Waals surface area contributed by atoms with E-state index in [1.165, 1.54) is 37.6 Å². The van der Waals surface area contributed by atoms with Gasteiger partial charge in [0.2, 0.25) is 0 Å². The summed E-state index contributed by atoms with van der Waals surface area (Å²) in [5.74, 6) is 0. The molecule has 1 aliphatic rings. The highest BCUT2D eigenvalue weighted by molar-refractivity contribution is 7.09. The van der Waals surface area contributed by atoms with Crippen molar-refractivity contribution in [2.24, 2.45) is 0 Å². The third-order valence-electron chi connectivity index (χ3n) is 4.21. The predicted molar refractivity (Wildman–Crippen MR) is 92.1 cm³/mol. The molecule has 0 amide bonds. The number of nitrogens with zero attached hydrogens (tertiary/aromatic N) is 3. The lowest BCUT2D eigenvalue weighted by atomic mass is 10.2. The van der Waals surface area contributed by atoms with Crippen molar-refractivity contribution in [3.05, 3.63) is 22.4 Å². The lowest BCUT2D eigenvalue weighted by molar-refractivity contribution is 0.0969. The first kappa shape index (κ1) is 16.9. The molecule has 1 saturated heterocycles. The van der Waals surface area contributed by atoms with Crippen molar-refractivity contribution in [3.8, 4) is 0 Å². The van der Waals surface area contributed by atoms with Gasteiger partial charge in [0.05, 0.1) is 0 Å². The first-order chi connectivity index (χ1) is 10.1. The van der Waals surface area contributed by atoms with Crippen LogP contribution in [0.1, 0.15) is 11.8 Å². The van der Waals surface area contributed by atoms with Crippen LogP contribution in [-0.4, -0.2) is 80.7 Å². The SMILES string of the molecule is CC(CNCc1cccs1)N1CCN(CCN(C)C)CC1. The fraction of sp³-hybridized carbons (Fsp3) is 0.750. The summed E-state index contributed by atoms with van der Waals surface area (Å²) in [5.41, 5.74) is 0. The van der Waals surface area contributed by atoms with Crippen LogP contribution in [0.15, 0.2) is 17.5 Å². The molecule has 1 aromatic rings. The number of hydrogen-bond donors (Lipinski definition) is 1. The number of thiophene rings is 1. The van der Waals surface area contributed by atoms with E-state index >= 15 is 0 Å². The van der Waals surface area contributed by atoms with Gasteiger partial charge in [-0.05, 0) is 32.5 Å². The van der Waals surface area contributed by atoms with Crippen molar-refractivity contribution in [1.29, 1.82) is 0 Å². The molecule has 4 nitrogen and oxygen atoms in total. The molecular formula is C16H30N4S. The lowest BCUT2D eigenvalue weighted by Gasteiger charge is -2.38. The molecule has 0 spiro atoms. The minimum atomic E-state index is 0.626. The molecule has 120 valence electrons. The molecule has 1 N–H and O–H groups in total. The third-order valence-corrected chi connectivity index (χ3v) is 5.09. The Kier molecular flexibility index (Phi) is 7.13. The Hall–Kier alpha value is -0.460. The summed E-state index contributed by atoms with van der Waals surface area (Å²) < 4.78 is 0. The highest BCUT2D eigenvalue weighted by atomic mass is 32.1. The van der Waals surface area contributed by atoms with Crippen LogP contribution in [0, 0.1) is 0 Å². The van der Waals surface area contributed by atoms with Gasteiger partial charge in [0.25, 0.3) is 0 Å². The molecule has 1 fully saturated rings. The van der Waals surface area contributed by atoms with Crippen LogP contribution in [0.5, 0.6) is 0 Å². The van der Waals surface area contributed by atoms with Crippen LogP contribution in [0.2, 0.25) is 0 Å². The second-order valence-corrected chi connectivity index (χ2v) is 7.27. The fourth-order valence-corrected chi connectivity index (χ4v) is 3.39. The summed E-state index contributed by atoms with van der Waals surface area (Å²) >= 11 is 1.83. The van der Waals surface area contributed by atoms with Crippen LogP contribution in [0.4, 0.5) is 0 Å². The highest BCUT2D eigenvalue weighted by Gasteiger charge is 2.20. The Labute approximate surface area is 133 Å². The largest absolute Gasteiger partial charge is 0.310 e. The van der Waals surface area contributed by atoms with Gasteiger partial charge in [-0.2, -0.15) is 0 Å². The first-order valence-corrected chi connectivity index (χ1v) is 8.87. The molecule has 0 saturated carbocycles. The summed E-state index contributed by atoms with van der Waals surface area (Å²) in [4.78, 5) is 8.90. The van der Waals surface area contributed by atoms with Crippen LogP contribution in [0.3, 0.4) is 0 Å². The van der Waals surface area contributed by atoms with Gasteiger partial charge in [-0.3, -0.25) is 9.80 Å². The van der Waals surface area contributed by atoms with E-state index < -0.39 is 0 Å². The molecule has 1 aliphatic heterocycles. The topological polar surface area (TPSA) is 21.8 Å². The average molecular weight is 311 g/mol. The van der Waals surface area contributed by atoms with Crippen molar-refractivity contribution >= 4 is 11.3 Å². The Balaban J connectivity index is 1.60. The molecule has 21 heavy (non-hydrogen) atoms. The minimum absolute atomic E-state index is 0.626. The van der Waals surface area contributed by atoms with E-state index in [0.29, 0.717) is 6.04 Å². The first-order valence-electron chi connectivity index (χ1n) is 7.99. The molecule has 2 heterocycles. The molecule has 0 bridgehead atoms. The number of likely N-dealkylation sites (N-methyl/N-ethyl adjacent to an activating group) is 1. The Morgan fingerprint density at radius 3 is 2.67 bits per heavy atom. The van der Waals surface area contributed by atoms with Crippen LogP contribution in [0.25, 0.3) is 0 Å². The van der Waals surface area contributed by atoms with Gasteiger partial charge in [-0.25, -0.2) is 0 Å². The van der Waals surface area contributed by atoms with E-state index in [0.717, 1.165) is 19.6 Å². The van der Waals surface area contributed by atoms with Crippen molar-refractivity contribution in [3.63, 3.8) is 0 Å². The minimum Gasteiger partial charge on any atom is -0.310 e. The van der Waals surface area contributed by atoms with Crippen molar-refractivity contribution < 1.29 is 0 Å². The molecule has 1 aromatic heterocycles. The monoisotopic (exact) mass is 310 g/mol. The van der Waals surface area contributed by atoms with Gasteiger partial charge in [-0.15, -0.1) is 11.3 Å². The van der Waals surface area contributed by atoms with Gasteiger partial charge in [0.1, 0.15) is 0 Å². The number of nitrogens with one attached hydrogen (secondary N) is 1. The summed E-state index contributed by atoms with van der Waals surface area (Å²) in [6.45, 7) is 11.6. The maximum Gasteiger partial charge on any atom is 0.0300 e. The zero-order valence-corrected chi connectivity index (χ0v) is 14.5. The van der Waals surface area contributed by atoms with Gasteiger partial charge in [-0.1, -0.05) is 6.07 Å². The molecule has 1 unspecified atom stereocenters. The van der Waals surface area contributed by atoms with Crippen molar-refractivity contribution in [1.82, 2.24) is 20.0 Å². The average Bonchev–Trinajstić information content (AvgIpc) is 2.99. The normalized spacial score (nSPS) is 19.2. The quantitative estimate of drug-likeness (QED) is 0.783. The second kappa shape index (κ2) is 8.86. The number of hydrogen-bond acceptors (Lipinski definition) is 5. The Morgan fingerprint density at radius 1 is 1.29 bits per heavy atom. The Bertz CT molecular complexity index is 372. The third kappa shape index (κ3) is 6.04. The Morgan fingerprint density at radius 2 is 2.05 bits per heavy atom. The van der Waals surface area contributed by atoms with Crippen LogP contribution in [-0.2, 0) is 6.54 Å². The van der Waals surface area contributed by atoms with Crippen molar-refractivity contribution in [2.45, 2.75) is 19.5 Å². The number of piperazine rings is 1. The smallest absolute Gasteiger partial charge is 0.0300 e. The summed E-state index contributed by atoms with van der Waals surface area (Å²) in [5, 5.41) is 5.73. The predicted octanol–water partition coefficient (Wildman–Crippen LogP) is 1.41. The summed E-state index contributed by atoms with van der Waals surface area (Å²) in [6, 6.07) is 4.95. The van der Waals surface area contributed by atoms with E-state index in [1.807, 2.05) is 11.3 Å². The van der Waals surface area contributed by atoms with E-state index in [4.69, 9.17) is 0 Å². The fourth-order valence-electron chi connectivity index (χ4n) is 2.72. The molecular weight excluding hydrogens is 280 g/mol. The molecule has 0 aromatic carbocycles. The highest BCUT2D eigenvalue weighted by Crippen LogP contribution is 2.09. The second-order valence-electron chi connectivity index (χ2n) is 6.24. The van der Waals surface area contributed by atoms with E-state index in [-0.39, 0.29) is 0 Å². The van der Waals surface area contributed by atoms with Crippen LogP contribution < -0.4 is 5.32 Å². The van der Waals surface area contributed by atoms with Crippen LogP contribution >= 0.6 is 11.3 Å². The van der Waals surface area contributed by atoms with E-state index in [9.17, 15) is 0 Å². The lowest BCUT2D eigenvalue weighted by Crippen LogP contribution is -2.52. The molecule has 0 aliphatic carbocycles. The molecule has 0 radical (unpaired) electrons. The molecule has 2 rings (SSSR count). The van der Waals surface area contributed by atoms with E-state index in [2.05, 4.69) is 58.5 Å².